The zero-order chi connectivity index (χ0) is 17.6. The average Bonchev–Trinajstić information content (AvgIpc) is 2.61. The monoisotopic (exact) mass is 334 g/mol. The number of benzene rings is 2. The average molecular weight is 334 g/mol. The van der Waals surface area contributed by atoms with Gasteiger partial charge in [0.25, 0.3) is 0 Å². The van der Waals surface area contributed by atoms with Gasteiger partial charge in [0, 0.05) is 23.6 Å². The Bertz CT molecular complexity index is 930. The molecule has 4 heteroatoms. The summed E-state index contributed by atoms with van der Waals surface area (Å²) in [6, 6.07) is 17.3. The molecule has 128 valence electrons. The largest absolute Gasteiger partial charge is 0.326 e. The zero-order valence-corrected chi connectivity index (χ0v) is 14.3. The van der Waals surface area contributed by atoms with E-state index in [4.69, 9.17) is 0 Å². The predicted molar refractivity (Wildman–Crippen MR) is 102 cm³/mol. The lowest BCUT2D eigenvalue weighted by atomic mass is 10.0. The minimum atomic E-state index is -0.108. The number of nitrogens with one attached hydrogen (secondary N) is 2. The highest BCUT2D eigenvalue weighted by Crippen LogP contribution is 2.21. The van der Waals surface area contributed by atoms with Gasteiger partial charge >= 0.3 is 0 Å². The summed E-state index contributed by atoms with van der Waals surface area (Å²) in [6.07, 6.45) is 2.98. The van der Waals surface area contributed by atoms with Gasteiger partial charge in [-0.3, -0.25) is 9.59 Å². The smallest absolute Gasteiger partial charge is 0.248 e. The highest BCUT2D eigenvalue weighted by atomic mass is 16.1. The Balaban J connectivity index is 1.73. The third-order valence-corrected chi connectivity index (χ3v) is 4.22. The molecule has 4 nitrogen and oxygen atoms in total. The van der Waals surface area contributed by atoms with Crippen LogP contribution in [0, 0.1) is 0 Å². The Morgan fingerprint density at radius 1 is 1.04 bits per heavy atom. The number of aromatic amines is 1. The van der Waals surface area contributed by atoms with Crippen molar-refractivity contribution in [3.63, 3.8) is 0 Å². The zero-order valence-electron chi connectivity index (χ0n) is 14.3. The first kappa shape index (κ1) is 17.0. The Kier molecular flexibility index (Phi) is 5.29. The summed E-state index contributed by atoms with van der Waals surface area (Å²) in [5, 5.41) is 3.95. The molecule has 0 radical (unpaired) electrons. The second-order valence-corrected chi connectivity index (χ2v) is 6.20. The molecule has 1 amide bonds. The Morgan fingerprint density at radius 2 is 1.84 bits per heavy atom. The van der Waals surface area contributed by atoms with E-state index >= 15 is 0 Å². The number of H-pyrrole nitrogens is 1. The number of anilines is 1. The minimum absolute atomic E-state index is 0.0322. The van der Waals surface area contributed by atoms with Crippen molar-refractivity contribution < 1.29 is 4.79 Å². The van der Waals surface area contributed by atoms with Crippen molar-refractivity contribution in [1.82, 2.24) is 4.98 Å². The van der Waals surface area contributed by atoms with Gasteiger partial charge in [-0.25, -0.2) is 0 Å². The number of aryl methyl sites for hydroxylation is 2. The standard InChI is InChI=1S/C21H22N2O2/c1-2-6-16-13-21(25)23-19-14-17(10-11-18(16)19)22-20(24)12-9-15-7-4-3-5-8-15/h3-5,7-8,10-11,13-14H,2,6,9,12H2,1H3,(H,22,24)(H,23,25). The molecule has 0 aliphatic heterocycles. The molecule has 0 aliphatic rings. The molecule has 3 rings (SSSR count). The van der Waals surface area contributed by atoms with E-state index in [2.05, 4.69) is 17.2 Å². The van der Waals surface area contributed by atoms with Crippen molar-refractivity contribution in [2.75, 3.05) is 5.32 Å². The molecule has 25 heavy (non-hydrogen) atoms. The van der Waals surface area contributed by atoms with E-state index in [0.717, 1.165) is 34.9 Å². The van der Waals surface area contributed by atoms with Crippen molar-refractivity contribution in [2.24, 2.45) is 0 Å². The third-order valence-electron chi connectivity index (χ3n) is 4.22. The maximum absolute atomic E-state index is 12.2. The second-order valence-electron chi connectivity index (χ2n) is 6.20. The number of carbonyl (C=O) groups excluding carboxylic acids is 1. The molecule has 2 aromatic carbocycles. The van der Waals surface area contributed by atoms with E-state index in [0.29, 0.717) is 18.5 Å². The van der Waals surface area contributed by atoms with Crippen molar-refractivity contribution in [2.45, 2.75) is 32.6 Å². The number of pyridine rings is 1. The second kappa shape index (κ2) is 7.79. The molecule has 0 unspecified atom stereocenters. The van der Waals surface area contributed by atoms with Crippen LogP contribution in [-0.2, 0) is 17.6 Å². The summed E-state index contributed by atoms with van der Waals surface area (Å²) in [4.78, 5) is 26.9. The fourth-order valence-corrected chi connectivity index (χ4v) is 3.01. The van der Waals surface area contributed by atoms with Gasteiger partial charge in [-0.15, -0.1) is 0 Å². The van der Waals surface area contributed by atoms with Gasteiger partial charge in [0.05, 0.1) is 5.52 Å². The fourth-order valence-electron chi connectivity index (χ4n) is 3.01. The van der Waals surface area contributed by atoms with Gasteiger partial charge in [-0.1, -0.05) is 49.7 Å². The van der Waals surface area contributed by atoms with E-state index in [9.17, 15) is 9.59 Å². The molecule has 3 aromatic rings. The number of carbonyl (C=O) groups is 1. The molecular formula is C21H22N2O2. The number of fused-ring (bicyclic) bond motifs is 1. The van der Waals surface area contributed by atoms with Gasteiger partial charge in [0.1, 0.15) is 0 Å². The first-order valence-electron chi connectivity index (χ1n) is 8.65. The number of hydrogen-bond acceptors (Lipinski definition) is 2. The van der Waals surface area contributed by atoms with Crippen LogP contribution >= 0.6 is 0 Å². The van der Waals surface area contributed by atoms with Crippen LogP contribution in [0.3, 0.4) is 0 Å². The van der Waals surface area contributed by atoms with E-state index in [1.807, 2.05) is 48.5 Å². The molecule has 0 aliphatic carbocycles. The Labute approximate surface area is 146 Å². The molecule has 0 spiro atoms. The predicted octanol–water partition coefficient (Wildman–Crippen LogP) is 4.05. The Hall–Kier alpha value is -2.88. The number of aromatic nitrogens is 1. The van der Waals surface area contributed by atoms with Crippen LogP contribution < -0.4 is 10.9 Å². The van der Waals surface area contributed by atoms with Gasteiger partial charge in [-0.05, 0) is 36.1 Å². The van der Waals surface area contributed by atoms with Crippen LogP contribution in [0.1, 0.15) is 30.9 Å². The van der Waals surface area contributed by atoms with E-state index in [-0.39, 0.29) is 11.5 Å². The minimum Gasteiger partial charge on any atom is -0.326 e. The summed E-state index contributed by atoms with van der Waals surface area (Å²) in [5.41, 5.74) is 3.54. The van der Waals surface area contributed by atoms with E-state index in [1.165, 1.54) is 0 Å². The SMILES string of the molecule is CCCc1cc(=O)[nH]c2cc(NC(=O)CCc3ccccc3)ccc12. The molecular weight excluding hydrogens is 312 g/mol. The van der Waals surface area contributed by atoms with Crippen LogP contribution in [-0.4, -0.2) is 10.9 Å². The number of hydrogen-bond donors (Lipinski definition) is 2. The summed E-state index contributed by atoms with van der Waals surface area (Å²) >= 11 is 0. The van der Waals surface area contributed by atoms with Gasteiger partial charge in [0.15, 0.2) is 0 Å². The summed E-state index contributed by atoms with van der Waals surface area (Å²) in [6.45, 7) is 2.09. The van der Waals surface area contributed by atoms with E-state index < -0.39 is 0 Å². The first-order chi connectivity index (χ1) is 12.2. The molecule has 1 aromatic heterocycles. The molecule has 0 fully saturated rings. The fraction of sp³-hybridized carbons (Fsp3) is 0.238. The quantitative estimate of drug-likeness (QED) is 0.714. The normalized spacial score (nSPS) is 10.8. The van der Waals surface area contributed by atoms with Crippen LogP contribution in [0.5, 0.6) is 0 Å². The van der Waals surface area contributed by atoms with Gasteiger partial charge in [0.2, 0.25) is 11.5 Å². The molecule has 1 heterocycles. The topological polar surface area (TPSA) is 62.0 Å². The Morgan fingerprint density at radius 3 is 2.60 bits per heavy atom. The van der Waals surface area contributed by atoms with Crippen LogP contribution in [0.25, 0.3) is 10.9 Å². The number of rotatable bonds is 6. The lowest BCUT2D eigenvalue weighted by molar-refractivity contribution is -0.116. The lowest BCUT2D eigenvalue weighted by Gasteiger charge is -2.09. The lowest BCUT2D eigenvalue weighted by Crippen LogP contribution is -2.13. The maximum Gasteiger partial charge on any atom is 0.248 e. The molecule has 0 saturated heterocycles. The van der Waals surface area contributed by atoms with Crippen molar-refractivity contribution in [3.05, 3.63) is 76.1 Å². The van der Waals surface area contributed by atoms with Crippen molar-refractivity contribution in [1.29, 1.82) is 0 Å². The summed E-state index contributed by atoms with van der Waals surface area (Å²) < 4.78 is 0. The summed E-state index contributed by atoms with van der Waals surface area (Å²) in [5.74, 6) is -0.0322. The summed E-state index contributed by atoms with van der Waals surface area (Å²) in [7, 11) is 0. The van der Waals surface area contributed by atoms with Crippen LogP contribution in [0.4, 0.5) is 5.69 Å². The van der Waals surface area contributed by atoms with E-state index in [1.54, 1.807) is 6.07 Å². The van der Waals surface area contributed by atoms with Crippen molar-refractivity contribution >= 4 is 22.5 Å². The molecule has 2 N–H and O–H groups in total. The third kappa shape index (κ3) is 4.35. The van der Waals surface area contributed by atoms with Crippen molar-refractivity contribution in [3.8, 4) is 0 Å². The van der Waals surface area contributed by atoms with Gasteiger partial charge in [-0.2, -0.15) is 0 Å². The molecule has 0 saturated carbocycles. The highest BCUT2D eigenvalue weighted by molar-refractivity contribution is 5.94. The number of amides is 1. The first-order valence-corrected chi connectivity index (χ1v) is 8.65. The maximum atomic E-state index is 12.2. The molecule has 0 bridgehead atoms. The van der Waals surface area contributed by atoms with Gasteiger partial charge < -0.3 is 10.3 Å². The highest BCUT2D eigenvalue weighted by Gasteiger charge is 2.07. The van der Waals surface area contributed by atoms with Crippen LogP contribution in [0.15, 0.2) is 59.4 Å². The van der Waals surface area contributed by atoms with Crippen LogP contribution in [0.2, 0.25) is 0 Å². The molecule has 0 atom stereocenters.